The van der Waals surface area contributed by atoms with Gasteiger partial charge in [0.05, 0.1) is 12.1 Å². The third-order valence-corrected chi connectivity index (χ3v) is 6.86. The van der Waals surface area contributed by atoms with Gasteiger partial charge in [0.1, 0.15) is 0 Å². The minimum atomic E-state index is 0.391. The van der Waals surface area contributed by atoms with Crippen LogP contribution in [0.2, 0.25) is 0 Å². The lowest BCUT2D eigenvalue weighted by Crippen LogP contribution is -2.41. The van der Waals surface area contributed by atoms with Crippen LogP contribution in [-0.2, 0) is 0 Å². The Kier molecular flexibility index (Phi) is 3.61. The normalized spacial score (nSPS) is 43.1. The zero-order valence-electron chi connectivity index (χ0n) is 14.8. The molecular formula is C18H33N3. The maximum absolute atomic E-state index is 4.62. The molecule has 3 aliphatic rings. The highest BCUT2D eigenvalue weighted by atomic mass is 15.6. The molecule has 120 valence electrons. The Morgan fingerprint density at radius 3 is 2.48 bits per heavy atom. The summed E-state index contributed by atoms with van der Waals surface area (Å²) in [6.07, 6.45) is 6.65. The molecular weight excluding hydrogens is 258 g/mol. The SMILES string of the molecule is CC(C)N1N=NC2CCC3CC3C(C)(C(C)(C)C)CCC21. The predicted molar refractivity (Wildman–Crippen MR) is 87.0 cm³/mol. The molecule has 5 atom stereocenters. The van der Waals surface area contributed by atoms with Gasteiger partial charge in [0.2, 0.25) is 0 Å². The minimum Gasteiger partial charge on any atom is -0.271 e. The van der Waals surface area contributed by atoms with Gasteiger partial charge >= 0.3 is 0 Å². The van der Waals surface area contributed by atoms with Gasteiger partial charge < -0.3 is 0 Å². The van der Waals surface area contributed by atoms with Crippen molar-refractivity contribution in [3.8, 4) is 0 Å². The zero-order chi connectivity index (χ0) is 15.4. The molecule has 0 bridgehead atoms. The summed E-state index contributed by atoms with van der Waals surface area (Å²) < 4.78 is 0. The van der Waals surface area contributed by atoms with E-state index < -0.39 is 0 Å². The number of hydrogen-bond acceptors (Lipinski definition) is 3. The van der Waals surface area contributed by atoms with E-state index in [1.807, 2.05) is 0 Å². The van der Waals surface area contributed by atoms with Crippen LogP contribution in [0.3, 0.4) is 0 Å². The molecule has 3 rings (SSSR count). The van der Waals surface area contributed by atoms with Gasteiger partial charge in [0.25, 0.3) is 0 Å². The number of hydrogen-bond donors (Lipinski definition) is 0. The summed E-state index contributed by atoms with van der Waals surface area (Å²) >= 11 is 0. The second kappa shape index (κ2) is 4.96. The Morgan fingerprint density at radius 2 is 1.86 bits per heavy atom. The van der Waals surface area contributed by atoms with Gasteiger partial charge in [-0.3, -0.25) is 5.01 Å². The Hall–Kier alpha value is -0.600. The molecule has 0 aromatic rings. The molecule has 0 radical (unpaired) electrons. The van der Waals surface area contributed by atoms with Gasteiger partial charge in [-0.25, -0.2) is 0 Å². The fourth-order valence-corrected chi connectivity index (χ4v) is 4.80. The minimum absolute atomic E-state index is 0.391. The quantitative estimate of drug-likeness (QED) is 0.662. The molecule has 0 saturated heterocycles. The van der Waals surface area contributed by atoms with Gasteiger partial charge in [0, 0.05) is 6.04 Å². The molecule has 3 nitrogen and oxygen atoms in total. The lowest BCUT2D eigenvalue weighted by Gasteiger charge is -2.44. The number of nitrogens with zero attached hydrogens (tertiary/aromatic N) is 3. The molecule has 3 heteroatoms. The second-order valence-corrected chi connectivity index (χ2v) is 9.20. The van der Waals surface area contributed by atoms with Crippen molar-refractivity contribution < 1.29 is 0 Å². The molecule has 1 heterocycles. The maximum Gasteiger partial charge on any atom is 0.0949 e. The van der Waals surface area contributed by atoms with Crippen LogP contribution in [-0.4, -0.2) is 23.1 Å². The third-order valence-electron chi connectivity index (χ3n) is 6.86. The van der Waals surface area contributed by atoms with Crippen molar-refractivity contribution in [1.29, 1.82) is 0 Å². The first-order valence-electron chi connectivity index (χ1n) is 8.93. The van der Waals surface area contributed by atoms with Crippen LogP contribution in [0.25, 0.3) is 0 Å². The van der Waals surface area contributed by atoms with Gasteiger partial charge in [-0.2, -0.15) is 5.11 Å². The van der Waals surface area contributed by atoms with Gasteiger partial charge in [0.15, 0.2) is 0 Å². The smallest absolute Gasteiger partial charge is 0.0949 e. The summed E-state index contributed by atoms with van der Waals surface area (Å²) in [7, 11) is 0. The van der Waals surface area contributed by atoms with Crippen LogP contribution in [0, 0.1) is 22.7 Å². The standard InChI is InChI=1S/C18H33N3/c1-12(2)21-16-9-10-18(6,17(3,4)5)14-11-13(14)7-8-15(16)19-20-21/h12-16H,7-11H2,1-6H3. The Morgan fingerprint density at radius 1 is 1.14 bits per heavy atom. The van der Waals surface area contributed by atoms with Crippen LogP contribution in [0.1, 0.15) is 73.6 Å². The molecule has 0 aromatic carbocycles. The van der Waals surface area contributed by atoms with Crippen molar-refractivity contribution in [3.05, 3.63) is 0 Å². The highest BCUT2D eigenvalue weighted by Crippen LogP contribution is 2.63. The second-order valence-electron chi connectivity index (χ2n) is 9.20. The Balaban J connectivity index is 1.82. The summed E-state index contributed by atoms with van der Waals surface area (Å²) in [5.41, 5.74) is 0.861. The van der Waals surface area contributed by atoms with Crippen molar-refractivity contribution in [1.82, 2.24) is 5.01 Å². The highest BCUT2D eigenvalue weighted by molar-refractivity contribution is 5.06. The maximum atomic E-state index is 4.62. The fraction of sp³-hybridized carbons (Fsp3) is 1.00. The van der Waals surface area contributed by atoms with Gasteiger partial charge in [-0.15, -0.1) is 0 Å². The predicted octanol–water partition coefficient (Wildman–Crippen LogP) is 5.08. The van der Waals surface area contributed by atoms with Crippen LogP contribution < -0.4 is 0 Å². The molecule has 5 unspecified atom stereocenters. The average Bonchev–Trinajstić information content (AvgIpc) is 3.02. The van der Waals surface area contributed by atoms with E-state index in [0.717, 1.165) is 11.8 Å². The summed E-state index contributed by atoms with van der Waals surface area (Å²) in [5, 5.41) is 11.4. The van der Waals surface area contributed by atoms with E-state index in [-0.39, 0.29) is 0 Å². The first kappa shape index (κ1) is 15.3. The Bertz CT molecular complexity index is 423. The van der Waals surface area contributed by atoms with Gasteiger partial charge in [-0.1, -0.05) is 32.9 Å². The summed E-state index contributed by atoms with van der Waals surface area (Å²) in [4.78, 5) is 0. The monoisotopic (exact) mass is 291 g/mol. The summed E-state index contributed by atoms with van der Waals surface area (Å²) in [5.74, 6) is 1.90. The van der Waals surface area contributed by atoms with Crippen molar-refractivity contribution >= 4 is 0 Å². The van der Waals surface area contributed by atoms with E-state index >= 15 is 0 Å². The van der Waals surface area contributed by atoms with E-state index in [1.165, 1.54) is 32.1 Å². The molecule has 0 spiro atoms. The molecule has 21 heavy (non-hydrogen) atoms. The topological polar surface area (TPSA) is 28.0 Å². The van der Waals surface area contributed by atoms with Gasteiger partial charge in [-0.05, 0) is 68.6 Å². The molecule has 2 saturated carbocycles. The van der Waals surface area contributed by atoms with Crippen LogP contribution >= 0.6 is 0 Å². The average molecular weight is 291 g/mol. The van der Waals surface area contributed by atoms with E-state index in [0.29, 0.717) is 29.0 Å². The molecule has 0 N–H and O–H groups in total. The largest absolute Gasteiger partial charge is 0.271 e. The highest BCUT2D eigenvalue weighted by Gasteiger charge is 2.55. The summed E-state index contributed by atoms with van der Waals surface area (Å²) in [6, 6.07) is 1.47. The fourth-order valence-electron chi connectivity index (χ4n) is 4.80. The molecule has 1 aliphatic heterocycles. The van der Waals surface area contributed by atoms with Crippen LogP contribution in [0.4, 0.5) is 0 Å². The lowest BCUT2D eigenvalue weighted by atomic mass is 9.61. The number of rotatable bonds is 1. The first-order chi connectivity index (χ1) is 9.74. The van der Waals surface area contributed by atoms with E-state index in [2.05, 4.69) is 56.9 Å². The number of fused-ring (bicyclic) bond motifs is 2. The third kappa shape index (κ3) is 2.51. The van der Waals surface area contributed by atoms with Crippen LogP contribution in [0.5, 0.6) is 0 Å². The summed E-state index contributed by atoms with van der Waals surface area (Å²) in [6.45, 7) is 14.4. The van der Waals surface area contributed by atoms with Crippen molar-refractivity contribution in [2.75, 3.05) is 0 Å². The van der Waals surface area contributed by atoms with E-state index in [4.69, 9.17) is 0 Å². The van der Waals surface area contributed by atoms with Crippen molar-refractivity contribution in [3.63, 3.8) is 0 Å². The van der Waals surface area contributed by atoms with Crippen molar-refractivity contribution in [2.45, 2.75) is 91.8 Å². The molecule has 2 fully saturated rings. The Labute approximate surface area is 130 Å². The molecule has 2 aliphatic carbocycles. The zero-order valence-corrected chi connectivity index (χ0v) is 14.8. The van der Waals surface area contributed by atoms with E-state index in [9.17, 15) is 0 Å². The first-order valence-corrected chi connectivity index (χ1v) is 8.93. The van der Waals surface area contributed by atoms with E-state index in [1.54, 1.807) is 0 Å². The molecule has 0 aromatic heterocycles. The lowest BCUT2D eigenvalue weighted by molar-refractivity contribution is 0.0480. The molecule has 0 amide bonds. The van der Waals surface area contributed by atoms with Crippen molar-refractivity contribution in [2.24, 2.45) is 33.0 Å². The van der Waals surface area contributed by atoms with Crippen LogP contribution in [0.15, 0.2) is 10.3 Å².